The average Bonchev–Trinajstić information content (AvgIpc) is 3.16. The van der Waals surface area contributed by atoms with Crippen LogP contribution in [0.15, 0.2) is 60.9 Å². The summed E-state index contributed by atoms with van der Waals surface area (Å²) in [6, 6.07) is 16.0. The van der Waals surface area contributed by atoms with Crippen molar-refractivity contribution in [3.05, 3.63) is 72.1 Å². The number of ether oxygens (including phenoxy) is 2. The summed E-state index contributed by atoms with van der Waals surface area (Å²) in [7, 11) is 0. The third kappa shape index (κ3) is 4.30. The third-order valence-electron chi connectivity index (χ3n) is 4.46. The molecule has 4 aromatic rings. The van der Waals surface area contributed by atoms with Crippen LogP contribution >= 0.6 is 0 Å². The summed E-state index contributed by atoms with van der Waals surface area (Å²) in [5.74, 6) is 1.27. The van der Waals surface area contributed by atoms with Crippen LogP contribution in [0.3, 0.4) is 0 Å². The fourth-order valence-corrected chi connectivity index (χ4v) is 3.06. The molecule has 0 aliphatic rings. The monoisotopic (exact) mass is 390 g/mol. The SMILES string of the molecule is Cc1cc(Nc2cncc3[nH]nc(OCCO)c23)ccc1OCc1ccccc1. The Morgan fingerprint density at radius 3 is 2.72 bits per heavy atom. The molecule has 0 spiro atoms. The molecule has 29 heavy (non-hydrogen) atoms. The van der Waals surface area contributed by atoms with Crippen LogP contribution in [0.2, 0.25) is 0 Å². The number of anilines is 2. The van der Waals surface area contributed by atoms with Gasteiger partial charge in [0.05, 0.1) is 35.6 Å². The quantitative estimate of drug-likeness (QED) is 0.422. The van der Waals surface area contributed by atoms with E-state index in [1.807, 2.05) is 55.5 Å². The van der Waals surface area contributed by atoms with E-state index in [9.17, 15) is 0 Å². The van der Waals surface area contributed by atoms with Crippen LogP contribution in [-0.4, -0.2) is 33.5 Å². The number of aliphatic hydroxyl groups is 1. The molecule has 3 N–H and O–H groups in total. The van der Waals surface area contributed by atoms with Gasteiger partial charge in [0.1, 0.15) is 19.0 Å². The van der Waals surface area contributed by atoms with E-state index in [1.54, 1.807) is 12.4 Å². The maximum atomic E-state index is 9.01. The first-order valence-corrected chi connectivity index (χ1v) is 9.35. The van der Waals surface area contributed by atoms with E-state index < -0.39 is 0 Å². The van der Waals surface area contributed by atoms with Gasteiger partial charge in [-0.1, -0.05) is 30.3 Å². The van der Waals surface area contributed by atoms with Gasteiger partial charge in [-0.3, -0.25) is 10.1 Å². The first kappa shape index (κ1) is 18.8. The highest BCUT2D eigenvalue weighted by molar-refractivity contribution is 5.96. The Kier molecular flexibility index (Phi) is 5.58. The van der Waals surface area contributed by atoms with Gasteiger partial charge in [-0.15, -0.1) is 5.10 Å². The number of aryl methyl sites for hydroxylation is 1. The number of benzene rings is 2. The Labute approximate surface area is 168 Å². The molecule has 0 fully saturated rings. The Bertz CT molecular complexity index is 1100. The lowest BCUT2D eigenvalue weighted by molar-refractivity contribution is 0.198. The average molecular weight is 390 g/mol. The molecular weight excluding hydrogens is 368 g/mol. The Morgan fingerprint density at radius 2 is 1.93 bits per heavy atom. The molecule has 148 valence electrons. The summed E-state index contributed by atoms with van der Waals surface area (Å²) in [5.41, 5.74) is 4.57. The van der Waals surface area contributed by atoms with Crippen LogP contribution in [-0.2, 0) is 6.61 Å². The Hall–Kier alpha value is -3.58. The zero-order valence-electron chi connectivity index (χ0n) is 16.1. The molecule has 0 bridgehead atoms. The molecule has 0 atom stereocenters. The van der Waals surface area contributed by atoms with Crippen molar-refractivity contribution >= 4 is 22.3 Å². The highest BCUT2D eigenvalue weighted by atomic mass is 16.5. The summed E-state index contributed by atoms with van der Waals surface area (Å²) < 4.78 is 11.5. The normalized spacial score (nSPS) is 10.8. The van der Waals surface area contributed by atoms with Crippen molar-refractivity contribution in [2.45, 2.75) is 13.5 Å². The standard InChI is InChI=1S/C22H22N4O3/c1-15-11-17(7-8-20(15)29-14-16-5-3-2-4-6-16)24-18-12-23-13-19-21(18)22(26-25-19)28-10-9-27/h2-8,11-13,24,27H,9-10,14H2,1H3,(H,25,26). The zero-order chi connectivity index (χ0) is 20.1. The fourth-order valence-electron chi connectivity index (χ4n) is 3.06. The van der Waals surface area contributed by atoms with Gasteiger partial charge in [0.15, 0.2) is 0 Å². The summed E-state index contributed by atoms with van der Waals surface area (Å²) in [6.07, 6.45) is 3.41. The highest BCUT2D eigenvalue weighted by Gasteiger charge is 2.13. The number of hydrogen-bond acceptors (Lipinski definition) is 6. The lowest BCUT2D eigenvalue weighted by Gasteiger charge is -2.13. The van der Waals surface area contributed by atoms with Crippen LogP contribution in [0.5, 0.6) is 11.6 Å². The summed E-state index contributed by atoms with van der Waals surface area (Å²) in [6.45, 7) is 2.64. The second kappa shape index (κ2) is 8.62. The number of hydrogen-bond donors (Lipinski definition) is 3. The van der Waals surface area contributed by atoms with Crippen molar-refractivity contribution in [2.75, 3.05) is 18.5 Å². The van der Waals surface area contributed by atoms with Crippen LogP contribution in [0, 0.1) is 6.92 Å². The number of nitrogens with zero attached hydrogens (tertiary/aromatic N) is 2. The van der Waals surface area contributed by atoms with E-state index in [-0.39, 0.29) is 13.2 Å². The molecule has 2 aromatic heterocycles. The molecule has 0 amide bonds. The molecule has 0 aliphatic carbocycles. The van der Waals surface area contributed by atoms with Gasteiger partial charge in [0, 0.05) is 5.69 Å². The second-order valence-corrected chi connectivity index (χ2v) is 6.59. The molecular formula is C22H22N4O3. The molecule has 7 nitrogen and oxygen atoms in total. The van der Waals surface area contributed by atoms with Crippen LogP contribution in [0.25, 0.3) is 10.9 Å². The summed E-state index contributed by atoms with van der Waals surface area (Å²) in [5, 5.41) is 20.2. The molecule has 0 aliphatic heterocycles. The van der Waals surface area contributed by atoms with Crippen molar-refractivity contribution in [1.29, 1.82) is 0 Å². The molecule has 0 saturated heterocycles. The Morgan fingerprint density at radius 1 is 1.07 bits per heavy atom. The lowest BCUT2D eigenvalue weighted by Crippen LogP contribution is -2.02. The van der Waals surface area contributed by atoms with E-state index >= 15 is 0 Å². The van der Waals surface area contributed by atoms with Gasteiger partial charge >= 0.3 is 0 Å². The number of H-pyrrole nitrogens is 1. The molecule has 2 heterocycles. The van der Waals surface area contributed by atoms with Gasteiger partial charge in [-0.2, -0.15) is 0 Å². The molecule has 0 radical (unpaired) electrons. The lowest BCUT2D eigenvalue weighted by atomic mass is 10.2. The smallest absolute Gasteiger partial charge is 0.242 e. The van der Waals surface area contributed by atoms with Crippen molar-refractivity contribution in [1.82, 2.24) is 15.2 Å². The molecule has 7 heteroatoms. The molecule has 0 saturated carbocycles. The predicted octanol–water partition coefficient (Wildman–Crippen LogP) is 3.96. The minimum Gasteiger partial charge on any atom is -0.489 e. The van der Waals surface area contributed by atoms with Crippen LogP contribution in [0.4, 0.5) is 11.4 Å². The van der Waals surface area contributed by atoms with Gasteiger partial charge in [-0.25, -0.2) is 0 Å². The number of aromatic amines is 1. The Balaban J connectivity index is 1.52. The number of fused-ring (bicyclic) bond motifs is 1. The number of aromatic nitrogens is 3. The minimum atomic E-state index is -0.0775. The molecule has 0 unspecified atom stereocenters. The van der Waals surface area contributed by atoms with Gasteiger partial charge < -0.3 is 19.9 Å². The van der Waals surface area contributed by atoms with E-state index in [1.165, 1.54) is 0 Å². The summed E-state index contributed by atoms with van der Waals surface area (Å²) >= 11 is 0. The molecule has 4 rings (SSSR count). The number of pyridine rings is 1. The number of nitrogens with one attached hydrogen (secondary N) is 2. The molecule has 2 aromatic carbocycles. The van der Waals surface area contributed by atoms with Crippen LogP contribution in [0.1, 0.15) is 11.1 Å². The van der Waals surface area contributed by atoms with Gasteiger partial charge in [-0.05, 0) is 36.2 Å². The first-order valence-electron chi connectivity index (χ1n) is 9.35. The predicted molar refractivity (Wildman–Crippen MR) is 112 cm³/mol. The van der Waals surface area contributed by atoms with Crippen molar-refractivity contribution in [3.63, 3.8) is 0 Å². The van der Waals surface area contributed by atoms with E-state index in [0.29, 0.717) is 12.5 Å². The van der Waals surface area contributed by atoms with Crippen LogP contribution < -0.4 is 14.8 Å². The maximum Gasteiger partial charge on any atom is 0.242 e. The first-order chi connectivity index (χ1) is 14.2. The van der Waals surface area contributed by atoms with E-state index in [0.717, 1.165) is 39.2 Å². The zero-order valence-corrected chi connectivity index (χ0v) is 16.1. The minimum absolute atomic E-state index is 0.0775. The fraction of sp³-hybridized carbons (Fsp3) is 0.182. The largest absolute Gasteiger partial charge is 0.489 e. The third-order valence-corrected chi connectivity index (χ3v) is 4.46. The second-order valence-electron chi connectivity index (χ2n) is 6.59. The topological polar surface area (TPSA) is 92.3 Å². The number of aliphatic hydroxyl groups excluding tert-OH is 1. The van der Waals surface area contributed by atoms with Gasteiger partial charge in [0.25, 0.3) is 0 Å². The van der Waals surface area contributed by atoms with Gasteiger partial charge in [0.2, 0.25) is 5.88 Å². The van der Waals surface area contributed by atoms with Crippen molar-refractivity contribution < 1.29 is 14.6 Å². The van der Waals surface area contributed by atoms with Crippen molar-refractivity contribution in [3.8, 4) is 11.6 Å². The van der Waals surface area contributed by atoms with Crippen molar-refractivity contribution in [2.24, 2.45) is 0 Å². The highest BCUT2D eigenvalue weighted by Crippen LogP contribution is 2.32. The summed E-state index contributed by atoms with van der Waals surface area (Å²) in [4.78, 5) is 4.24. The van der Waals surface area contributed by atoms with E-state index in [4.69, 9.17) is 14.6 Å². The number of rotatable bonds is 8. The van der Waals surface area contributed by atoms with E-state index in [2.05, 4.69) is 20.5 Å². The maximum absolute atomic E-state index is 9.01.